The van der Waals surface area contributed by atoms with Crippen LogP contribution in [0, 0.1) is 5.92 Å². The third-order valence-corrected chi connectivity index (χ3v) is 0.636. The van der Waals surface area contributed by atoms with Crippen molar-refractivity contribution in [1.82, 2.24) is 0 Å². The largest absolute Gasteiger partial charge is 1.00 e. The third kappa shape index (κ3) is 9.78. The molecule has 0 aromatic rings. The van der Waals surface area contributed by atoms with Gasteiger partial charge in [0.15, 0.2) is 0 Å². The van der Waals surface area contributed by atoms with E-state index in [1.807, 2.05) is 0 Å². The van der Waals surface area contributed by atoms with Crippen LogP contribution in [0.5, 0.6) is 0 Å². The summed E-state index contributed by atoms with van der Waals surface area (Å²) in [6.07, 6.45) is 0. The Bertz CT molecular complexity index is 113. The molecule has 0 aromatic carbocycles. The Balaban J connectivity index is -0.0000000408. The second kappa shape index (κ2) is 10.8. The topological polar surface area (TPSA) is 43.4 Å². The molecule has 0 aromatic heterocycles. The molecule has 0 rings (SSSR count). The first-order valence-electron chi connectivity index (χ1n) is 2.32. The van der Waals surface area contributed by atoms with Crippen LogP contribution in [0.15, 0.2) is 0 Å². The number of esters is 1. The van der Waals surface area contributed by atoms with Crippen molar-refractivity contribution in [2.24, 2.45) is 5.92 Å². The van der Waals surface area contributed by atoms with E-state index >= 15 is 0 Å². The predicted molar refractivity (Wildman–Crippen MR) is 29.2 cm³/mol. The van der Waals surface area contributed by atoms with Crippen molar-refractivity contribution in [2.45, 2.75) is 13.8 Å². The zero-order chi connectivity index (χ0) is 6.57. The first kappa shape index (κ1) is 17.8. The molecule has 0 spiro atoms. The zero-order valence-corrected chi connectivity index (χ0v) is 12.0. The van der Waals surface area contributed by atoms with Gasteiger partial charge in [-0.2, -0.15) is 0 Å². The van der Waals surface area contributed by atoms with E-state index in [4.69, 9.17) is 0 Å². The van der Waals surface area contributed by atoms with E-state index in [-0.39, 0.29) is 96.2 Å². The minimum atomic E-state index is -0.486. The van der Waals surface area contributed by atoms with Crippen LogP contribution in [-0.2, 0) is 14.3 Å². The van der Waals surface area contributed by atoms with Gasteiger partial charge in [-0.25, -0.2) is 0 Å². The molecule has 50 valence electrons. The van der Waals surface area contributed by atoms with Crippen LogP contribution in [0.2, 0.25) is 0 Å². The smallest absolute Gasteiger partial charge is 1.00 e. The predicted octanol–water partition coefficient (Wildman–Crippen LogP) is -5.42. The maximum Gasteiger partial charge on any atom is 1.00 e. The summed E-state index contributed by atoms with van der Waals surface area (Å²) in [5, 5.41) is 0. The molecule has 0 radical (unpaired) electrons. The molecule has 0 atom stereocenters. The van der Waals surface area contributed by atoms with E-state index in [0.29, 0.717) is 0 Å². The van der Waals surface area contributed by atoms with Crippen molar-refractivity contribution < 1.29 is 98.1 Å². The van der Waals surface area contributed by atoms with Gasteiger partial charge in [-0.15, -0.1) is 0 Å². The van der Waals surface area contributed by atoms with Gasteiger partial charge in [-0.05, 0) is 0 Å². The fraction of sp³-hybridized carbons (Fsp3) is 0.600. The van der Waals surface area contributed by atoms with Crippen molar-refractivity contribution in [2.75, 3.05) is 0 Å². The summed E-state index contributed by atoms with van der Waals surface area (Å²) in [6.45, 7) is 3.46. The van der Waals surface area contributed by atoms with E-state index in [9.17, 15) is 9.59 Å². The fourth-order valence-corrected chi connectivity index (χ4v) is 0.184. The first-order valence-corrected chi connectivity index (χ1v) is 2.32. The Labute approximate surface area is 128 Å². The van der Waals surface area contributed by atoms with Gasteiger partial charge in [0.05, 0.1) is 5.92 Å². The van der Waals surface area contributed by atoms with Crippen LogP contribution in [0.3, 0.4) is 0 Å². The Morgan fingerprint density at radius 1 is 1.60 bits per heavy atom. The minimum absolute atomic E-state index is 0. The molecule has 0 saturated carbocycles. The van der Waals surface area contributed by atoms with Gasteiger partial charge in [-0.3, -0.25) is 9.59 Å². The Morgan fingerprint density at radius 3 is 2.10 bits per heavy atom. The molecule has 0 aliphatic heterocycles. The van der Waals surface area contributed by atoms with Gasteiger partial charge in [0, 0.05) is 0 Å². The summed E-state index contributed by atoms with van der Waals surface area (Å²) < 4.78 is 3.98. The summed E-state index contributed by atoms with van der Waals surface area (Å²) in [4.78, 5) is 19.8. The second-order valence-electron chi connectivity index (χ2n) is 1.69. The molecule has 5 heteroatoms. The Hall–Kier alpha value is 1.78. The number of hydrogen-bond acceptors (Lipinski definition) is 3. The molecule has 0 heterocycles. The van der Waals surface area contributed by atoms with Crippen LogP contribution < -0.4 is 80.9 Å². The van der Waals surface area contributed by atoms with Crippen molar-refractivity contribution in [3.63, 3.8) is 0 Å². The van der Waals surface area contributed by atoms with Crippen LogP contribution in [0.1, 0.15) is 16.7 Å². The van der Waals surface area contributed by atoms with Crippen molar-refractivity contribution in [3.05, 3.63) is 0 Å². The number of carbonyl (C=O) groups excluding carboxylic acids is 2. The maximum atomic E-state index is 10.3. The second-order valence-corrected chi connectivity index (χ2v) is 1.69. The van der Waals surface area contributed by atoms with Crippen LogP contribution in [0.4, 0.5) is 0 Å². The van der Waals surface area contributed by atoms with Crippen LogP contribution in [-0.4, -0.2) is 12.4 Å². The van der Waals surface area contributed by atoms with E-state index in [0.717, 1.165) is 0 Å². The first-order chi connectivity index (χ1) is 3.68. The quantitative estimate of drug-likeness (QED) is 0.184. The monoisotopic (exact) mass is 180 g/mol. The average molecular weight is 180 g/mol. The van der Waals surface area contributed by atoms with Crippen molar-refractivity contribution in [1.29, 1.82) is 0 Å². The summed E-state index contributed by atoms with van der Waals surface area (Å²) in [5.41, 5.74) is 0. The number of rotatable bonds is 2. The normalized spacial score (nSPS) is 7.10. The van der Waals surface area contributed by atoms with Gasteiger partial charge in [0.2, 0.25) is 0 Å². The molecule has 10 heavy (non-hydrogen) atoms. The van der Waals surface area contributed by atoms with E-state index in [2.05, 4.69) is 4.74 Å². The number of hydrogen-bond donors (Lipinski definition) is 0. The summed E-state index contributed by atoms with van der Waals surface area (Å²) in [5.74, 6) is -0.708. The van der Waals surface area contributed by atoms with Gasteiger partial charge in [-0.1, -0.05) is 13.8 Å². The molecule has 0 saturated heterocycles. The van der Waals surface area contributed by atoms with E-state index in [1.54, 1.807) is 13.8 Å². The van der Waals surface area contributed by atoms with Crippen LogP contribution in [0.25, 0.3) is 0 Å². The molecule has 0 unspecified atom stereocenters. The number of carbonyl (C=O) groups is 2. The molecule has 0 aliphatic carbocycles. The molecule has 3 nitrogen and oxygen atoms in total. The molecule has 0 N–H and O–H groups in total. The number of ether oxygens (including phenoxy) is 1. The minimum Gasteiger partial charge on any atom is -1.00 e. The Morgan fingerprint density at radius 2 is 2.00 bits per heavy atom. The average Bonchev–Trinajstić information content (AvgIpc) is 1.67. The molecular weight excluding hydrogens is 170 g/mol. The third-order valence-electron chi connectivity index (χ3n) is 0.636. The van der Waals surface area contributed by atoms with Gasteiger partial charge < -0.3 is 7.59 Å². The summed E-state index contributed by atoms with van der Waals surface area (Å²) >= 11 is 0. The molecular formula is C5H10KNaO3. The maximum absolute atomic E-state index is 10.3. The standard InChI is InChI=1S/C5H8O3.K.Na.2H/c1-4(2)5(7)8-3-6;;;;/h3-4H,1-2H3;;;;/q;2*+1;2*-1. The van der Waals surface area contributed by atoms with E-state index in [1.165, 1.54) is 0 Å². The van der Waals surface area contributed by atoms with Gasteiger partial charge in [0.25, 0.3) is 0 Å². The van der Waals surface area contributed by atoms with Crippen LogP contribution >= 0.6 is 0 Å². The summed E-state index contributed by atoms with van der Waals surface area (Å²) in [7, 11) is 0. The Kier molecular flexibility index (Phi) is 19.1. The molecule has 0 bridgehead atoms. The van der Waals surface area contributed by atoms with E-state index < -0.39 is 5.97 Å². The SMILES string of the molecule is CC(C)C(=O)OC=O.[H-].[H-].[K+].[Na+]. The van der Waals surface area contributed by atoms with Gasteiger partial charge in [0.1, 0.15) is 0 Å². The zero-order valence-electron chi connectivity index (χ0n) is 8.88. The molecule has 0 aliphatic rings. The van der Waals surface area contributed by atoms with Crippen molar-refractivity contribution in [3.8, 4) is 0 Å². The summed E-state index contributed by atoms with van der Waals surface area (Å²) in [6, 6.07) is 0. The van der Waals surface area contributed by atoms with Gasteiger partial charge >= 0.3 is 93.4 Å². The molecule has 0 fully saturated rings. The fourth-order valence-electron chi connectivity index (χ4n) is 0.184. The van der Waals surface area contributed by atoms with Crippen molar-refractivity contribution >= 4 is 12.4 Å². The molecule has 0 amide bonds.